The summed E-state index contributed by atoms with van der Waals surface area (Å²) in [6.45, 7) is 2.11. The maximum absolute atomic E-state index is 11.2. The van der Waals surface area contributed by atoms with E-state index < -0.39 is 5.97 Å². The van der Waals surface area contributed by atoms with Crippen LogP contribution in [0.4, 0.5) is 0 Å². The molecule has 1 aromatic heterocycles. The summed E-state index contributed by atoms with van der Waals surface area (Å²) < 4.78 is 1.89. The highest BCUT2D eigenvalue weighted by Crippen LogP contribution is 2.33. The third-order valence-electron chi connectivity index (χ3n) is 3.65. The Bertz CT molecular complexity index is 623. The SMILES string of the molecule is CCCC(Br)CC(CC(=O)O)n1cc(O)c2ccccc21. The molecule has 0 saturated carbocycles. The molecule has 1 aromatic carbocycles. The van der Waals surface area contributed by atoms with E-state index in [1.165, 1.54) is 0 Å². The van der Waals surface area contributed by atoms with E-state index in [0.29, 0.717) is 0 Å². The number of rotatable bonds is 7. The number of aromatic hydroxyl groups is 1. The van der Waals surface area contributed by atoms with Crippen LogP contribution in [0.5, 0.6) is 5.75 Å². The summed E-state index contributed by atoms with van der Waals surface area (Å²) in [7, 11) is 0. The number of carboxylic acids is 1. The van der Waals surface area contributed by atoms with Crippen molar-refractivity contribution in [2.75, 3.05) is 0 Å². The molecule has 4 nitrogen and oxygen atoms in total. The maximum Gasteiger partial charge on any atom is 0.305 e. The fourth-order valence-corrected chi connectivity index (χ4v) is 3.60. The molecule has 0 aliphatic heterocycles. The fourth-order valence-electron chi connectivity index (χ4n) is 2.71. The molecular formula is C16H20BrNO3. The lowest BCUT2D eigenvalue weighted by Crippen LogP contribution is -2.17. The van der Waals surface area contributed by atoms with E-state index in [1.54, 1.807) is 6.20 Å². The van der Waals surface area contributed by atoms with Crippen molar-refractivity contribution in [1.29, 1.82) is 0 Å². The van der Waals surface area contributed by atoms with Gasteiger partial charge in [-0.15, -0.1) is 0 Å². The Hall–Kier alpha value is -1.49. The molecule has 0 amide bonds. The molecule has 0 fully saturated rings. The molecule has 0 bridgehead atoms. The van der Waals surface area contributed by atoms with Crippen LogP contribution in [0.1, 0.15) is 38.6 Å². The third kappa shape index (κ3) is 3.79. The first kappa shape index (κ1) is 15.9. The number of carboxylic acid groups (broad SMARTS) is 1. The molecule has 2 rings (SSSR count). The molecule has 114 valence electrons. The van der Waals surface area contributed by atoms with Gasteiger partial charge in [0.25, 0.3) is 0 Å². The van der Waals surface area contributed by atoms with Crippen molar-refractivity contribution < 1.29 is 15.0 Å². The highest BCUT2D eigenvalue weighted by molar-refractivity contribution is 9.09. The summed E-state index contributed by atoms with van der Waals surface area (Å²) in [5.74, 6) is -0.629. The Morgan fingerprint density at radius 2 is 2.10 bits per heavy atom. The zero-order valence-corrected chi connectivity index (χ0v) is 13.6. The van der Waals surface area contributed by atoms with Gasteiger partial charge in [-0.3, -0.25) is 4.79 Å². The van der Waals surface area contributed by atoms with Gasteiger partial charge in [-0.25, -0.2) is 0 Å². The largest absolute Gasteiger partial charge is 0.506 e. The van der Waals surface area contributed by atoms with Crippen LogP contribution >= 0.6 is 15.9 Å². The molecule has 2 atom stereocenters. The molecule has 0 saturated heterocycles. The number of para-hydroxylation sites is 1. The van der Waals surface area contributed by atoms with Crippen LogP contribution in [0.2, 0.25) is 0 Å². The second-order valence-electron chi connectivity index (χ2n) is 5.31. The number of benzene rings is 1. The van der Waals surface area contributed by atoms with E-state index >= 15 is 0 Å². The lowest BCUT2D eigenvalue weighted by atomic mass is 10.0. The van der Waals surface area contributed by atoms with Gasteiger partial charge in [-0.1, -0.05) is 41.4 Å². The minimum atomic E-state index is -0.825. The first-order valence-corrected chi connectivity index (χ1v) is 8.08. The predicted octanol–water partition coefficient (Wildman–Crippen LogP) is 4.32. The van der Waals surface area contributed by atoms with Crippen LogP contribution in [-0.2, 0) is 4.79 Å². The van der Waals surface area contributed by atoms with Crippen molar-refractivity contribution in [1.82, 2.24) is 4.57 Å². The molecule has 0 spiro atoms. The quantitative estimate of drug-likeness (QED) is 0.728. The number of carbonyl (C=O) groups is 1. The van der Waals surface area contributed by atoms with E-state index in [-0.39, 0.29) is 23.0 Å². The highest BCUT2D eigenvalue weighted by Gasteiger charge is 2.21. The smallest absolute Gasteiger partial charge is 0.305 e. The fraction of sp³-hybridized carbons (Fsp3) is 0.438. The third-order valence-corrected chi connectivity index (χ3v) is 4.48. The van der Waals surface area contributed by atoms with Crippen LogP contribution in [0, 0.1) is 0 Å². The number of halogens is 1. The van der Waals surface area contributed by atoms with Gasteiger partial charge in [0, 0.05) is 22.5 Å². The Morgan fingerprint density at radius 1 is 1.38 bits per heavy atom. The van der Waals surface area contributed by atoms with Crippen molar-refractivity contribution in [2.45, 2.75) is 43.5 Å². The van der Waals surface area contributed by atoms with Crippen LogP contribution in [0.15, 0.2) is 30.5 Å². The molecule has 0 aliphatic rings. The number of aromatic nitrogens is 1. The molecule has 0 radical (unpaired) electrons. The summed E-state index contributed by atoms with van der Waals surface area (Å²) in [5.41, 5.74) is 0.873. The van der Waals surface area contributed by atoms with E-state index in [1.807, 2.05) is 28.8 Å². The Morgan fingerprint density at radius 3 is 2.76 bits per heavy atom. The summed E-state index contributed by atoms with van der Waals surface area (Å²) in [6, 6.07) is 7.34. The first-order valence-electron chi connectivity index (χ1n) is 7.17. The van der Waals surface area contributed by atoms with Crippen LogP contribution in [0.3, 0.4) is 0 Å². The minimum Gasteiger partial charge on any atom is -0.506 e. The van der Waals surface area contributed by atoms with Gasteiger partial charge in [0.15, 0.2) is 0 Å². The molecule has 2 unspecified atom stereocenters. The first-order chi connectivity index (χ1) is 10.0. The topological polar surface area (TPSA) is 62.5 Å². The van der Waals surface area contributed by atoms with Gasteiger partial charge in [-0.05, 0) is 25.0 Å². The predicted molar refractivity (Wildman–Crippen MR) is 87.1 cm³/mol. The molecule has 2 aromatic rings. The number of hydrogen-bond donors (Lipinski definition) is 2. The maximum atomic E-state index is 11.2. The lowest BCUT2D eigenvalue weighted by Gasteiger charge is -2.21. The van der Waals surface area contributed by atoms with Gasteiger partial charge in [-0.2, -0.15) is 0 Å². The minimum absolute atomic E-state index is 0.0456. The van der Waals surface area contributed by atoms with Crippen LogP contribution in [-0.4, -0.2) is 25.6 Å². The number of fused-ring (bicyclic) bond motifs is 1. The van der Waals surface area contributed by atoms with Crippen molar-refractivity contribution in [2.24, 2.45) is 0 Å². The number of hydrogen-bond acceptors (Lipinski definition) is 2. The van der Waals surface area contributed by atoms with Gasteiger partial charge in [0.1, 0.15) is 5.75 Å². The monoisotopic (exact) mass is 353 g/mol. The number of alkyl halides is 1. The Balaban J connectivity index is 2.36. The lowest BCUT2D eigenvalue weighted by molar-refractivity contribution is -0.137. The van der Waals surface area contributed by atoms with Crippen molar-refractivity contribution in [3.05, 3.63) is 30.5 Å². The van der Waals surface area contributed by atoms with Gasteiger partial charge >= 0.3 is 5.97 Å². The van der Waals surface area contributed by atoms with Gasteiger partial charge < -0.3 is 14.8 Å². The molecule has 1 heterocycles. The molecular weight excluding hydrogens is 334 g/mol. The van der Waals surface area contributed by atoms with Crippen LogP contribution in [0.25, 0.3) is 10.9 Å². The van der Waals surface area contributed by atoms with E-state index in [0.717, 1.165) is 30.2 Å². The summed E-state index contributed by atoms with van der Waals surface area (Å²) in [5, 5.41) is 20.0. The zero-order chi connectivity index (χ0) is 15.4. The molecule has 2 N–H and O–H groups in total. The Kier molecular flexibility index (Phi) is 5.28. The molecule has 0 aliphatic carbocycles. The average molecular weight is 354 g/mol. The normalized spacial score (nSPS) is 14.2. The highest BCUT2D eigenvalue weighted by atomic mass is 79.9. The Labute approximate surface area is 132 Å². The van der Waals surface area contributed by atoms with Crippen molar-refractivity contribution in [3.63, 3.8) is 0 Å². The second kappa shape index (κ2) is 6.98. The van der Waals surface area contributed by atoms with Gasteiger partial charge in [0.05, 0.1) is 11.9 Å². The van der Waals surface area contributed by atoms with Crippen molar-refractivity contribution in [3.8, 4) is 5.75 Å². The van der Waals surface area contributed by atoms with E-state index in [4.69, 9.17) is 0 Å². The number of nitrogens with zero attached hydrogens (tertiary/aromatic N) is 1. The molecule has 5 heteroatoms. The van der Waals surface area contributed by atoms with E-state index in [9.17, 15) is 15.0 Å². The average Bonchev–Trinajstić information content (AvgIpc) is 2.76. The summed E-state index contributed by atoms with van der Waals surface area (Å²) in [6.07, 6.45) is 4.46. The standard InChI is InChI=1S/C16H20BrNO3/c1-2-5-11(17)8-12(9-16(20)21)18-10-15(19)13-6-3-4-7-14(13)18/h3-4,6-7,10-12,19H,2,5,8-9H2,1H3,(H,20,21). The summed E-state index contributed by atoms with van der Waals surface area (Å²) >= 11 is 3.63. The van der Waals surface area contributed by atoms with Crippen LogP contribution < -0.4 is 0 Å². The van der Waals surface area contributed by atoms with E-state index in [2.05, 4.69) is 22.9 Å². The van der Waals surface area contributed by atoms with Crippen molar-refractivity contribution >= 4 is 32.8 Å². The summed E-state index contributed by atoms with van der Waals surface area (Å²) in [4.78, 5) is 11.4. The van der Waals surface area contributed by atoms with Gasteiger partial charge in [0.2, 0.25) is 0 Å². The second-order valence-corrected chi connectivity index (χ2v) is 6.61. The number of aliphatic carboxylic acids is 1. The molecule has 21 heavy (non-hydrogen) atoms. The zero-order valence-electron chi connectivity index (χ0n) is 12.0.